The molecule has 0 saturated heterocycles. The van der Waals surface area contributed by atoms with Crippen LogP contribution in [0.1, 0.15) is 29.8 Å². The van der Waals surface area contributed by atoms with E-state index in [2.05, 4.69) is 22.1 Å². The van der Waals surface area contributed by atoms with E-state index in [1.54, 1.807) is 11.3 Å². The second kappa shape index (κ2) is 5.15. The van der Waals surface area contributed by atoms with Crippen LogP contribution in [-0.2, 0) is 6.54 Å². The summed E-state index contributed by atoms with van der Waals surface area (Å²) in [4.78, 5) is 8.00. The Morgan fingerprint density at radius 3 is 2.69 bits per heavy atom. The Kier molecular flexibility index (Phi) is 3.82. The fourth-order valence-electron chi connectivity index (χ4n) is 1.85. The minimum atomic E-state index is 0.932. The second-order valence-electron chi connectivity index (χ2n) is 4.83. The van der Waals surface area contributed by atoms with E-state index in [1.165, 1.54) is 36.4 Å². The molecule has 4 heteroatoms. The van der Waals surface area contributed by atoms with E-state index in [4.69, 9.17) is 0 Å². The third-order valence-electron chi connectivity index (χ3n) is 3.21. The maximum Gasteiger partial charge on any atom is 0.185 e. The average molecular weight is 239 g/mol. The number of nitrogens with one attached hydrogen (secondary N) is 1. The van der Waals surface area contributed by atoms with Gasteiger partial charge >= 0.3 is 0 Å². The van der Waals surface area contributed by atoms with Gasteiger partial charge in [0.15, 0.2) is 5.13 Å². The Morgan fingerprint density at radius 2 is 2.19 bits per heavy atom. The van der Waals surface area contributed by atoms with Gasteiger partial charge in [-0.1, -0.05) is 6.42 Å². The van der Waals surface area contributed by atoms with Gasteiger partial charge < -0.3 is 10.2 Å². The number of rotatable bonds is 5. The van der Waals surface area contributed by atoms with Gasteiger partial charge in [0, 0.05) is 25.5 Å². The molecule has 1 N–H and O–H groups in total. The molecule has 0 atom stereocenters. The zero-order valence-corrected chi connectivity index (χ0v) is 11.2. The minimum Gasteiger partial charge on any atom is -0.354 e. The van der Waals surface area contributed by atoms with Crippen LogP contribution in [0.4, 0.5) is 5.13 Å². The molecule has 1 aromatic heterocycles. The summed E-state index contributed by atoms with van der Waals surface area (Å²) in [7, 11) is 4.09. The van der Waals surface area contributed by atoms with Crippen molar-refractivity contribution in [2.24, 2.45) is 5.92 Å². The molecule has 90 valence electrons. The van der Waals surface area contributed by atoms with Gasteiger partial charge in [-0.25, -0.2) is 4.98 Å². The number of aryl methyl sites for hydroxylation is 1. The first-order chi connectivity index (χ1) is 7.66. The molecule has 0 bridgehead atoms. The van der Waals surface area contributed by atoms with Crippen LogP contribution < -0.4 is 10.2 Å². The molecule has 1 aromatic rings. The number of nitrogens with zero attached hydrogens (tertiary/aromatic N) is 2. The van der Waals surface area contributed by atoms with Crippen molar-refractivity contribution in [3.05, 3.63) is 10.6 Å². The van der Waals surface area contributed by atoms with E-state index >= 15 is 0 Å². The monoisotopic (exact) mass is 239 g/mol. The van der Waals surface area contributed by atoms with Gasteiger partial charge in [0.1, 0.15) is 0 Å². The first-order valence-corrected chi connectivity index (χ1v) is 6.83. The number of hydrogen-bond donors (Lipinski definition) is 1. The summed E-state index contributed by atoms with van der Waals surface area (Å²) in [6, 6.07) is 0. The molecule has 1 fully saturated rings. The van der Waals surface area contributed by atoms with Crippen LogP contribution in [0, 0.1) is 12.8 Å². The molecule has 0 unspecified atom stereocenters. The topological polar surface area (TPSA) is 28.2 Å². The van der Waals surface area contributed by atoms with Gasteiger partial charge in [0.2, 0.25) is 0 Å². The largest absolute Gasteiger partial charge is 0.354 e. The molecule has 1 aliphatic carbocycles. The van der Waals surface area contributed by atoms with Gasteiger partial charge in [-0.05, 0) is 32.2 Å². The summed E-state index contributed by atoms with van der Waals surface area (Å²) in [6.07, 6.45) is 4.26. The summed E-state index contributed by atoms with van der Waals surface area (Å²) in [6.45, 7) is 4.26. The fourth-order valence-corrected chi connectivity index (χ4v) is 2.81. The van der Waals surface area contributed by atoms with E-state index in [1.807, 2.05) is 14.1 Å². The summed E-state index contributed by atoms with van der Waals surface area (Å²) in [5, 5.41) is 4.66. The Morgan fingerprint density at radius 1 is 1.44 bits per heavy atom. The molecule has 3 nitrogen and oxygen atoms in total. The lowest BCUT2D eigenvalue weighted by Gasteiger charge is -2.25. The molecule has 0 aliphatic heterocycles. The molecular weight excluding hydrogens is 218 g/mol. The highest BCUT2D eigenvalue weighted by Crippen LogP contribution is 2.26. The van der Waals surface area contributed by atoms with Gasteiger partial charge in [-0.2, -0.15) is 0 Å². The van der Waals surface area contributed by atoms with Crippen molar-refractivity contribution in [1.29, 1.82) is 0 Å². The Balaban J connectivity index is 1.83. The van der Waals surface area contributed by atoms with E-state index in [0.29, 0.717) is 0 Å². The molecule has 0 radical (unpaired) electrons. The van der Waals surface area contributed by atoms with Crippen LogP contribution in [-0.4, -0.2) is 25.6 Å². The number of aromatic nitrogens is 1. The lowest BCUT2D eigenvalue weighted by atomic mass is 9.85. The van der Waals surface area contributed by atoms with Crippen molar-refractivity contribution < 1.29 is 0 Å². The predicted octanol–water partition coefficient (Wildman–Crippen LogP) is 2.41. The highest BCUT2D eigenvalue weighted by molar-refractivity contribution is 7.15. The maximum absolute atomic E-state index is 4.55. The smallest absolute Gasteiger partial charge is 0.185 e. The molecular formula is C12H21N3S. The summed E-state index contributed by atoms with van der Waals surface area (Å²) in [5.74, 6) is 0.932. The van der Waals surface area contributed by atoms with Crippen LogP contribution >= 0.6 is 11.3 Å². The Bertz CT molecular complexity index is 342. The molecule has 0 aromatic carbocycles. The van der Waals surface area contributed by atoms with Crippen LogP contribution in [0.15, 0.2) is 0 Å². The van der Waals surface area contributed by atoms with Crippen molar-refractivity contribution in [2.75, 3.05) is 25.5 Å². The van der Waals surface area contributed by atoms with Crippen LogP contribution in [0.2, 0.25) is 0 Å². The normalized spacial score (nSPS) is 16.2. The van der Waals surface area contributed by atoms with E-state index in [0.717, 1.165) is 17.6 Å². The Labute approximate surface area is 102 Å². The van der Waals surface area contributed by atoms with Crippen LogP contribution in [0.5, 0.6) is 0 Å². The van der Waals surface area contributed by atoms with Gasteiger partial charge in [-0.15, -0.1) is 11.3 Å². The van der Waals surface area contributed by atoms with Crippen LogP contribution in [0.3, 0.4) is 0 Å². The van der Waals surface area contributed by atoms with Crippen molar-refractivity contribution >= 4 is 16.5 Å². The predicted molar refractivity (Wildman–Crippen MR) is 70.2 cm³/mol. The van der Waals surface area contributed by atoms with Gasteiger partial charge in [0.25, 0.3) is 0 Å². The molecule has 0 spiro atoms. The highest BCUT2D eigenvalue weighted by Gasteiger charge is 2.17. The average Bonchev–Trinajstić information content (AvgIpc) is 2.52. The molecule has 1 heterocycles. The zero-order valence-electron chi connectivity index (χ0n) is 10.4. The third kappa shape index (κ3) is 2.74. The second-order valence-corrected chi connectivity index (χ2v) is 5.89. The van der Waals surface area contributed by atoms with Gasteiger partial charge in [-0.3, -0.25) is 0 Å². The Hall–Kier alpha value is -0.610. The molecule has 1 aliphatic rings. The highest BCUT2D eigenvalue weighted by atomic mass is 32.1. The molecule has 1 saturated carbocycles. The number of anilines is 1. The van der Waals surface area contributed by atoms with Crippen molar-refractivity contribution in [2.45, 2.75) is 32.7 Å². The first kappa shape index (κ1) is 11.9. The van der Waals surface area contributed by atoms with Crippen molar-refractivity contribution in [3.8, 4) is 0 Å². The first-order valence-electron chi connectivity index (χ1n) is 6.01. The van der Waals surface area contributed by atoms with Crippen molar-refractivity contribution in [1.82, 2.24) is 10.3 Å². The van der Waals surface area contributed by atoms with E-state index in [-0.39, 0.29) is 0 Å². The quantitative estimate of drug-likeness (QED) is 0.855. The maximum atomic E-state index is 4.55. The number of thiazole rings is 1. The SMILES string of the molecule is Cc1nc(N(C)C)sc1CNCC1CCC1. The summed E-state index contributed by atoms with van der Waals surface area (Å²) in [5.41, 5.74) is 1.18. The molecule has 0 amide bonds. The fraction of sp³-hybridized carbons (Fsp3) is 0.750. The lowest BCUT2D eigenvalue weighted by molar-refractivity contribution is 0.301. The lowest BCUT2D eigenvalue weighted by Crippen LogP contribution is -2.26. The molecule has 2 rings (SSSR count). The van der Waals surface area contributed by atoms with Gasteiger partial charge in [0.05, 0.1) is 5.69 Å². The van der Waals surface area contributed by atoms with E-state index < -0.39 is 0 Å². The summed E-state index contributed by atoms with van der Waals surface area (Å²) >= 11 is 1.80. The zero-order chi connectivity index (χ0) is 11.5. The van der Waals surface area contributed by atoms with E-state index in [9.17, 15) is 0 Å². The molecule has 16 heavy (non-hydrogen) atoms. The summed E-state index contributed by atoms with van der Waals surface area (Å²) < 4.78 is 0. The number of hydrogen-bond acceptors (Lipinski definition) is 4. The van der Waals surface area contributed by atoms with Crippen molar-refractivity contribution in [3.63, 3.8) is 0 Å². The third-order valence-corrected chi connectivity index (χ3v) is 4.53. The minimum absolute atomic E-state index is 0.932. The van der Waals surface area contributed by atoms with Crippen LogP contribution in [0.25, 0.3) is 0 Å². The standard InChI is InChI=1S/C12H21N3S/c1-9-11(16-12(14-9)15(2)3)8-13-7-10-5-4-6-10/h10,13H,4-8H2,1-3H3.